The molecule has 3 nitrogen and oxygen atoms in total. The Kier molecular flexibility index (Phi) is 2.06. The SMILES string of the molecule is O=C([O-])C[C@@H]1C=C[C@@H](O)C1. The smallest absolute Gasteiger partial charge is 0.0726 e. The third-order valence-electron chi connectivity index (χ3n) is 1.58. The van der Waals surface area contributed by atoms with E-state index >= 15 is 0 Å². The number of aliphatic hydroxyl groups excluding tert-OH is 1. The molecule has 0 spiro atoms. The number of aliphatic hydroxyl groups is 1. The van der Waals surface area contributed by atoms with Gasteiger partial charge in [0.1, 0.15) is 0 Å². The molecule has 10 heavy (non-hydrogen) atoms. The van der Waals surface area contributed by atoms with E-state index in [0.29, 0.717) is 6.42 Å². The molecule has 0 bridgehead atoms. The maximum absolute atomic E-state index is 10.0. The second-order valence-electron chi connectivity index (χ2n) is 2.52. The van der Waals surface area contributed by atoms with Crippen LogP contribution in [0.4, 0.5) is 0 Å². The predicted octanol–water partition coefficient (Wildman–Crippen LogP) is -0.937. The number of aliphatic carboxylic acids is 1. The zero-order valence-electron chi connectivity index (χ0n) is 5.49. The minimum Gasteiger partial charge on any atom is -0.550 e. The average molecular weight is 141 g/mol. The van der Waals surface area contributed by atoms with E-state index in [1.807, 2.05) is 0 Å². The van der Waals surface area contributed by atoms with Crippen molar-refractivity contribution in [1.29, 1.82) is 0 Å². The van der Waals surface area contributed by atoms with Gasteiger partial charge in [-0.1, -0.05) is 12.2 Å². The van der Waals surface area contributed by atoms with Gasteiger partial charge in [-0.2, -0.15) is 0 Å². The molecule has 0 aromatic rings. The highest BCUT2D eigenvalue weighted by atomic mass is 16.4. The molecule has 0 aromatic heterocycles. The van der Waals surface area contributed by atoms with Crippen LogP contribution >= 0.6 is 0 Å². The summed E-state index contributed by atoms with van der Waals surface area (Å²) < 4.78 is 0. The van der Waals surface area contributed by atoms with Crippen molar-refractivity contribution in [3.05, 3.63) is 12.2 Å². The lowest BCUT2D eigenvalue weighted by Crippen LogP contribution is -2.24. The molecule has 0 aliphatic heterocycles. The molecule has 2 atom stereocenters. The first-order chi connectivity index (χ1) is 4.68. The molecule has 0 heterocycles. The summed E-state index contributed by atoms with van der Waals surface area (Å²) >= 11 is 0. The van der Waals surface area contributed by atoms with Gasteiger partial charge in [0.05, 0.1) is 6.10 Å². The van der Waals surface area contributed by atoms with Crippen LogP contribution in [0.2, 0.25) is 0 Å². The summed E-state index contributed by atoms with van der Waals surface area (Å²) in [5.74, 6) is -1.08. The first kappa shape index (κ1) is 7.28. The molecule has 0 saturated carbocycles. The van der Waals surface area contributed by atoms with Crippen LogP contribution in [-0.2, 0) is 4.79 Å². The molecule has 0 amide bonds. The van der Waals surface area contributed by atoms with E-state index in [1.165, 1.54) is 0 Å². The molecule has 0 saturated heterocycles. The minimum atomic E-state index is -1.05. The second kappa shape index (κ2) is 2.84. The fraction of sp³-hybridized carbons (Fsp3) is 0.571. The van der Waals surface area contributed by atoms with E-state index in [2.05, 4.69) is 0 Å². The standard InChI is InChI=1S/C7H10O3/c8-6-2-1-5(3-6)4-7(9)10/h1-2,5-6,8H,3-4H2,(H,9,10)/p-1/t5-,6-/m1/s1. The van der Waals surface area contributed by atoms with Crippen LogP contribution in [0.15, 0.2) is 12.2 Å². The summed E-state index contributed by atoms with van der Waals surface area (Å²) in [5.41, 5.74) is 0. The first-order valence-corrected chi connectivity index (χ1v) is 3.24. The van der Waals surface area contributed by atoms with Crippen molar-refractivity contribution in [1.82, 2.24) is 0 Å². The summed E-state index contributed by atoms with van der Waals surface area (Å²) in [4.78, 5) is 10.0. The van der Waals surface area contributed by atoms with Gasteiger partial charge in [0.2, 0.25) is 0 Å². The second-order valence-corrected chi connectivity index (χ2v) is 2.52. The number of hydrogen-bond donors (Lipinski definition) is 1. The number of carboxylic acid groups (broad SMARTS) is 1. The Morgan fingerprint density at radius 2 is 2.40 bits per heavy atom. The number of carbonyl (C=O) groups is 1. The molecule has 0 fully saturated rings. The lowest BCUT2D eigenvalue weighted by Gasteiger charge is -2.07. The summed E-state index contributed by atoms with van der Waals surface area (Å²) in [6.07, 6.45) is 3.43. The van der Waals surface area contributed by atoms with Crippen LogP contribution in [0.3, 0.4) is 0 Å². The highest BCUT2D eigenvalue weighted by Crippen LogP contribution is 2.19. The van der Waals surface area contributed by atoms with E-state index in [0.717, 1.165) is 0 Å². The molecule has 1 aliphatic rings. The van der Waals surface area contributed by atoms with Crippen LogP contribution in [0.5, 0.6) is 0 Å². The molecular weight excluding hydrogens is 132 g/mol. The molecule has 1 aliphatic carbocycles. The topological polar surface area (TPSA) is 60.4 Å². The van der Waals surface area contributed by atoms with E-state index in [-0.39, 0.29) is 12.3 Å². The van der Waals surface area contributed by atoms with Crippen molar-refractivity contribution in [2.45, 2.75) is 18.9 Å². The zero-order chi connectivity index (χ0) is 7.56. The predicted molar refractivity (Wildman–Crippen MR) is 32.9 cm³/mol. The van der Waals surface area contributed by atoms with Gasteiger partial charge >= 0.3 is 0 Å². The number of allylic oxidation sites excluding steroid dienone is 1. The Balaban J connectivity index is 2.33. The van der Waals surface area contributed by atoms with E-state index in [4.69, 9.17) is 5.11 Å². The van der Waals surface area contributed by atoms with Crippen LogP contribution in [-0.4, -0.2) is 17.2 Å². The van der Waals surface area contributed by atoms with Crippen molar-refractivity contribution in [2.24, 2.45) is 5.92 Å². The Hall–Kier alpha value is -0.830. The van der Waals surface area contributed by atoms with Crippen LogP contribution in [0.1, 0.15) is 12.8 Å². The van der Waals surface area contributed by atoms with Gasteiger partial charge in [0.25, 0.3) is 0 Å². The maximum Gasteiger partial charge on any atom is 0.0726 e. The van der Waals surface area contributed by atoms with Gasteiger partial charge in [-0.3, -0.25) is 0 Å². The Morgan fingerprint density at radius 3 is 2.80 bits per heavy atom. The summed E-state index contributed by atoms with van der Waals surface area (Å²) in [6.45, 7) is 0. The van der Waals surface area contributed by atoms with Crippen LogP contribution in [0.25, 0.3) is 0 Å². The molecular formula is C7H9O3-. The fourth-order valence-electron chi connectivity index (χ4n) is 1.12. The van der Waals surface area contributed by atoms with Crippen molar-refractivity contribution < 1.29 is 15.0 Å². The van der Waals surface area contributed by atoms with E-state index in [9.17, 15) is 9.90 Å². The Bertz CT molecular complexity index is 162. The number of rotatable bonds is 2. The van der Waals surface area contributed by atoms with Gasteiger partial charge in [0.15, 0.2) is 0 Å². The zero-order valence-corrected chi connectivity index (χ0v) is 5.49. The number of hydrogen-bond acceptors (Lipinski definition) is 3. The molecule has 1 N–H and O–H groups in total. The van der Waals surface area contributed by atoms with Gasteiger partial charge in [0, 0.05) is 5.97 Å². The third-order valence-corrected chi connectivity index (χ3v) is 1.58. The highest BCUT2D eigenvalue weighted by molar-refractivity contribution is 5.65. The van der Waals surface area contributed by atoms with Crippen molar-refractivity contribution in [3.8, 4) is 0 Å². The van der Waals surface area contributed by atoms with E-state index < -0.39 is 12.1 Å². The molecule has 56 valence electrons. The quantitative estimate of drug-likeness (QED) is 0.505. The van der Waals surface area contributed by atoms with Crippen molar-refractivity contribution >= 4 is 5.97 Å². The summed E-state index contributed by atoms with van der Waals surface area (Å²) in [6, 6.07) is 0. The monoisotopic (exact) mass is 141 g/mol. The largest absolute Gasteiger partial charge is 0.550 e. The number of carboxylic acids is 1. The van der Waals surface area contributed by atoms with Gasteiger partial charge in [-0.15, -0.1) is 0 Å². The summed E-state index contributed by atoms with van der Waals surface area (Å²) in [7, 11) is 0. The first-order valence-electron chi connectivity index (χ1n) is 3.24. The molecule has 0 radical (unpaired) electrons. The van der Waals surface area contributed by atoms with Gasteiger partial charge < -0.3 is 15.0 Å². The maximum atomic E-state index is 10.0. The minimum absolute atomic E-state index is 0.0214. The van der Waals surface area contributed by atoms with Gasteiger partial charge in [-0.05, 0) is 18.8 Å². The molecule has 0 aromatic carbocycles. The average Bonchev–Trinajstić information content (AvgIpc) is 2.13. The molecule has 0 unspecified atom stereocenters. The third kappa shape index (κ3) is 1.84. The van der Waals surface area contributed by atoms with E-state index in [1.54, 1.807) is 12.2 Å². The Labute approximate surface area is 59.0 Å². The lowest BCUT2D eigenvalue weighted by molar-refractivity contribution is -0.306. The fourth-order valence-corrected chi connectivity index (χ4v) is 1.12. The highest BCUT2D eigenvalue weighted by Gasteiger charge is 2.15. The van der Waals surface area contributed by atoms with Gasteiger partial charge in [-0.25, -0.2) is 0 Å². The summed E-state index contributed by atoms with van der Waals surface area (Å²) in [5, 5.41) is 18.9. The normalized spacial score (nSPS) is 30.9. The van der Waals surface area contributed by atoms with Crippen molar-refractivity contribution in [2.75, 3.05) is 0 Å². The molecule has 1 rings (SSSR count). The molecule has 3 heteroatoms. The Morgan fingerprint density at radius 1 is 1.70 bits per heavy atom. The van der Waals surface area contributed by atoms with Crippen LogP contribution in [0, 0.1) is 5.92 Å². The number of carbonyl (C=O) groups excluding carboxylic acids is 1. The van der Waals surface area contributed by atoms with Crippen molar-refractivity contribution in [3.63, 3.8) is 0 Å². The van der Waals surface area contributed by atoms with Crippen LogP contribution < -0.4 is 5.11 Å². The lowest BCUT2D eigenvalue weighted by atomic mass is 10.1.